The van der Waals surface area contributed by atoms with Gasteiger partial charge in [0.2, 0.25) is 0 Å². The summed E-state index contributed by atoms with van der Waals surface area (Å²) in [5.41, 5.74) is 6.55. The van der Waals surface area contributed by atoms with Crippen LogP contribution in [0.2, 0.25) is 0 Å². The number of hydrogen-bond donors (Lipinski definition) is 2. The lowest BCUT2D eigenvalue weighted by Gasteiger charge is -2.24. The van der Waals surface area contributed by atoms with Crippen LogP contribution in [0.25, 0.3) is 10.9 Å². The first-order chi connectivity index (χ1) is 14.8. The number of benzene rings is 3. The molecule has 4 nitrogen and oxygen atoms in total. The maximum atomic E-state index is 6.10. The van der Waals surface area contributed by atoms with Crippen LogP contribution in [0.4, 0.5) is 0 Å². The molecule has 4 heteroatoms. The third kappa shape index (κ3) is 3.79. The highest BCUT2D eigenvalue weighted by atomic mass is 16.5. The zero-order chi connectivity index (χ0) is 20.3. The Bertz CT molecular complexity index is 1150. The minimum absolute atomic E-state index is 0.537. The number of hydrogen-bond acceptors (Lipinski definition) is 2. The highest BCUT2D eigenvalue weighted by molar-refractivity contribution is 5.84. The lowest BCUT2D eigenvalue weighted by Crippen LogP contribution is -3.10. The van der Waals surface area contributed by atoms with Crippen LogP contribution in [-0.2, 0) is 26.1 Å². The number of ether oxygens (including phenoxy) is 2. The quantitative estimate of drug-likeness (QED) is 0.516. The van der Waals surface area contributed by atoms with E-state index in [9.17, 15) is 0 Å². The van der Waals surface area contributed by atoms with E-state index in [1.165, 1.54) is 27.7 Å². The van der Waals surface area contributed by atoms with Gasteiger partial charge in [-0.05, 0) is 35.4 Å². The topological polar surface area (TPSA) is 38.7 Å². The Labute approximate surface area is 177 Å². The van der Waals surface area contributed by atoms with Crippen molar-refractivity contribution in [3.05, 3.63) is 95.2 Å². The summed E-state index contributed by atoms with van der Waals surface area (Å²) < 4.78 is 11.6. The Morgan fingerprint density at radius 1 is 0.900 bits per heavy atom. The monoisotopic (exact) mass is 399 g/mol. The number of fused-ring (bicyclic) bond motifs is 3. The van der Waals surface area contributed by atoms with Gasteiger partial charge in [-0.3, -0.25) is 0 Å². The molecule has 0 bridgehead atoms. The SMILES string of the molecule is COc1ccc(C[NH+]2CCc3c([nH]c4ccccc34)C2)cc1OCc1ccccc1. The van der Waals surface area contributed by atoms with Gasteiger partial charge in [0.1, 0.15) is 19.7 Å². The van der Waals surface area contributed by atoms with Crippen LogP contribution in [0.1, 0.15) is 22.4 Å². The van der Waals surface area contributed by atoms with E-state index in [1.54, 1.807) is 12.0 Å². The fraction of sp³-hybridized carbons (Fsp3) is 0.231. The summed E-state index contributed by atoms with van der Waals surface area (Å²) in [6.07, 6.45) is 1.11. The Kier molecular flexibility index (Phi) is 5.16. The largest absolute Gasteiger partial charge is 0.493 e. The van der Waals surface area contributed by atoms with Gasteiger partial charge in [-0.1, -0.05) is 48.5 Å². The van der Waals surface area contributed by atoms with E-state index < -0.39 is 0 Å². The summed E-state index contributed by atoms with van der Waals surface area (Å²) >= 11 is 0. The Morgan fingerprint density at radius 3 is 2.60 bits per heavy atom. The average Bonchev–Trinajstić information content (AvgIpc) is 3.16. The molecule has 1 atom stereocenters. The van der Waals surface area contributed by atoms with Gasteiger partial charge >= 0.3 is 0 Å². The molecule has 152 valence electrons. The van der Waals surface area contributed by atoms with E-state index >= 15 is 0 Å². The molecule has 4 aromatic rings. The summed E-state index contributed by atoms with van der Waals surface area (Å²) in [4.78, 5) is 5.20. The van der Waals surface area contributed by atoms with Crippen LogP contribution >= 0.6 is 0 Å². The van der Waals surface area contributed by atoms with Gasteiger partial charge in [0, 0.05) is 22.9 Å². The standard InChI is InChI=1S/C26H26N2O2/c1-29-25-12-11-20(15-26(25)30-18-19-7-3-2-4-8-19)16-28-14-13-22-21-9-5-6-10-23(21)27-24(22)17-28/h2-12,15,27H,13-14,16-18H2,1H3/p+1. The highest BCUT2D eigenvalue weighted by Gasteiger charge is 2.23. The van der Waals surface area contributed by atoms with Crippen molar-refractivity contribution in [2.24, 2.45) is 0 Å². The van der Waals surface area contributed by atoms with Crippen LogP contribution in [0.15, 0.2) is 72.8 Å². The van der Waals surface area contributed by atoms with E-state index in [1.807, 2.05) is 24.3 Å². The van der Waals surface area contributed by atoms with E-state index in [0.717, 1.165) is 43.1 Å². The molecule has 0 fully saturated rings. The smallest absolute Gasteiger partial charge is 0.162 e. The maximum Gasteiger partial charge on any atom is 0.162 e. The Morgan fingerprint density at radius 2 is 1.73 bits per heavy atom. The first kappa shape index (κ1) is 18.8. The number of H-pyrrole nitrogens is 1. The van der Waals surface area contributed by atoms with E-state index in [0.29, 0.717) is 6.61 Å². The van der Waals surface area contributed by atoms with Crippen molar-refractivity contribution in [1.82, 2.24) is 4.98 Å². The molecule has 0 spiro atoms. The van der Waals surface area contributed by atoms with Gasteiger partial charge in [-0.25, -0.2) is 0 Å². The second-order valence-electron chi connectivity index (χ2n) is 7.99. The highest BCUT2D eigenvalue weighted by Crippen LogP contribution is 2.29. The third-order valence-electron chi connectivity index (χ3n) is 5.98. The molecule has 3 aromatic carbocycles. The van der Waals surface area contributed by atoms with Crippen molar-refractivity contribution in [3.63, 3.8) is 0 Å². The number of aromatic amines is 1. The number of para-hydroxylation sites is 1. The number of methoxy groups -OCH3 is 1. The lowest BCUT2D eigenvalue weighted by atomic mass is 10.0. The number of rotatable bonds is 6. The molecular weight excluding hydrogens is 372 g/mol. The Hall–Kier alpha value is -3.24. The number of nitrogens with one attached hydrogen (secondary N) is 2. The van der Waals surface area contributed by atoms with Crippen molar-refractivity contribution in [3.8, 4) is 11.5 Å². The molecule has 30 heavy (non-hydrogen) atoms. The number of aromatic nitrogens is 1. The predicted octanol–water partition coefficient (Wildman–Crippen LogP) is 3.90. The van der Waals surface area contributed by atoms with Gasteiger partial charge in [-0.15, -0.1) is 0 Å². The minimum Gasteiger partial charge on any atom is -0.493 e. The van der Waals surface area contributed by atoms with Crippen LogP contribution in [0.5, 0.6) is 11.5 Å². The first-order valence-corrected chi connectivity index (χ1v) is 10.6. The van der Waals surface area contributed by atoms with E-state index in [2.05, 4.69) is 53.5 Å². The summed E-state index contributed by atoms with van der Waals surface area (Å²) in [5, 5.41) is 1.38. The normalized spacial score (nSPS) is 15.7. The van der Waals surface area contributed by atoms with E-state index in [4.69, 9.17) is 9.47 Å². The second-order valence-corrected chi connectivity index (χ2v) is 7.99. The van der Waals surface area contributed by atoms with Crippen LogP contribution in [-0.4, -0.2) is 18.6 Å². The molecule has 1 unspecified atom stereocenters. The lowest BCUT2D eigenvalue weighted by molar-refractivity contribution is -0.929. The molecule has 0 saturated carbocycles. The molecule has 2 heterocycles. The van der Waals surface area contributed by atoms with Crippen LogP contribution < -0.4 is 14.4 Å². The van der Waals surface area contributed by atoms with Crippen molar-refractivity contribution in [2.45, 2.75) is 26.1 Å². The fourth-order valence-corrected chi connectivity index (χ4v) is 4.45. The van der Waals surface area contributed by atoms with Crippen molar-refractivity contribution < 1.29 is 14.4 Å². The van der Waals surface area contributed by atoms with Crippen molar-refractivity contribution >= 4 is 10.9 Å². The van der Waals surface area contributed by atoms with Crippen LogP contribution in [0, 0.1) is 0 Å². The summed E-state index contributed by atoms with van der Waals surface area (Å²) in [5.74, 6) is 1.59. The summed E-state index contributed by atoms with van der Waals surface area (Å²) in [6.45, 7) is 3.67. The molecule has 1 aromatic heterocycles. The molecule has 1 aliphatic rings. The molecule has 0 saturated heterocycles. The molecule has 0 aliphatic carbocycles. The van der Waals surface area contributed by atoms with Gasteiger partial charge in [-0.2, -0.15) is 0 Å². The van der Waals surface area contributed by atoms with Gasteiger partial charge in [0.05, 0.1) is 19.3 Å². The average molecular weight is 400 g/mol. The molecule has 5 rings (SSSR count). The Balaban J connectivity index is 1.31. The first-order valence-electron chi connectivity index (χ1n) is 10.6. The van der Waals surface area contributed by atoms with Gasteiger partial charge in [0.25, 0.3) is 0 Å². The fourth-order valence-electron chi connectivity index (χ4n) is 4.45. The molecule has 1 aliphatic heterocycles. The second kappa shape index (κ2) is 8.25. The third-order valence-corrected chi connectivity index (χ3v) is 5.98. The van der Waals surface area contributed by atoms with Gasteiger partial charge in [0.15, 0.2) is 11.5 Å². The van der Waals surface area contributed by atoms with Crippen molar-refractivity contribution in [2.75, 3.05) is 13.7 Å². The molecule has 0 radical (unpaired) electrons. The summed E-state index contributed by atoms with van der Waals surface area (Å²) in [7, 11) is 1.69. The van der Waals surface area contributed by atoms with E-state index in [-0.39, 0.29) is 0 Å². The minimum atomic E-state index is 0.537. The molecule has 0 amide bonds. The molecule has 2 N–H and O–H groups in total. The maximum absolute atomic E-state index is 6.10. The van der Waals surface area contributed by atoms with Crippen molar-refractivity contribution in [1.29, 1.82) is 0 Å². The zero-order valence-electron chi connectivity index (χ0n) is 17.3. The molecular formula is C26H27N2O2+. The van der Waals surface area contributed by atoms with Gasteiger partial charge < -0.3 is 19.4 Å². The zero-order valence-corrected chi connectivity index (χ0v) is 17.3. The van der Waals surface area contributed by atoms with Crippen LogP contribution in [0.3, 0.4) is 0 Å². The predicted molar refractivity (Wildman–Crippen MR) is 119 cm³/mol. The summed E-state index contributed by atoms with van der Waals surface area (Å²) in [6, 6.07) is 25.2. The number of quaternary nitrogens is 1.